The predicted octanol–water partition coefficient (Wildman–Crippen LogP) is 6.17. The molecule has 202 valence electrons. The first kappa shape index (κ1) is 27.3. The van der Waals surface area contributed by atoms with Crippen LogP contribution >= 0.6 is 0 Å². The second-order valence-electron chi connectivity index (χ2n) is 11.0. The van der Waals surface area contributed by atoms with Crippen LogP contribution in [0.4, 0.5) is 0 Å². The van der Waals surface area contributed by atoms with Crippen LogP contribution in [-0.2, 0) is 36.0 Å². The number of sulfone groups is 1. The van der Waals surface area contributed by atoms with E-state index in [1.54, 1.807) is 0 Å². The van der Waals surface area contributed by atoms with E-state index in [4.69, 9.17) is 0 Å². The third-order valence-corrected chi connectivity index (χ3v) is 9.40. The molecule has 0 bridgehead atoms. The first-order chi connectivity index (χ1) is 18.8. The molecule has 1 aliphatic rings. The average Bonchev–Trinajstić information content (AvgIpc) is 3.27. The highest BCUT2D eigenvalue weighted by molar-refractivity contribution is 7.91. The second-order valence-corrected chi connectivity index (χ2v) is 13.1. The molecule has 39 heavy (non-hydrogen) atoms. The van der Waals surface area contributed by atoms with Crippen LogP contribution < -0.4 is 0 Å². The second kappa shape index (κ2) is 12.3. The summed E-state index contributed by atoms with van der Waals surface area (Å²) in [6, 6.07) is 37.8. The van der Waals surface area contributed by atoms with Crippen LogP contribution in [0.15, 0.2) is 109 Å². The third kappa shape index (κ3) is 7.45. The Morgan fingerprint density at radius 3 is 1.15 bits per heavy atom. The van der Waals surface area contributed by atoms with E-state index in [1.807, 2.05) is 12.1 Å². The maximum atomic E-state index is 13.3. The Morgan fingerprint density at radius 2 is 0.821 bits per heavy atom. The first-order valence-electron chi connectivity index (χ1n) is 13.7. The van der Waals surface area contributed by atoms with Crippen LogP contribution in [0.2, 0.25) is 0 Å². The van der Waals surface area contributed by atoms with Gasteiger partial charge < -0.3 is 0 Å². The summed E-state index contributed by atoms with van der Waals surface area (Å²) in [6.45, 7) is 7.00. The lowest BCUT2D eigenvalue weighted by molar-refractivity contribution is 0.0863. The smallest absolute Gasteiger partial charge is 0.153 e. The van der Waals surface area contributed by atoms with E-state index in [-0.39, 0.29) is 23.6 Å². The molecular weight excluding hydrogens is 500 g/mol. The molecule has 0 spiro atoms. The van der Waals surface area contributed by atoms with Crippen molar-refractivity contribution in [1.29, 1.82) is 0 Å². The van der Waals surface area contributed by atoms with E-state index in [0.29, 0.717) is 26.2 Å². The Kier molecular flexibility index (Phi) is 8.61. The third-order valence-electron chi connectivity index (χ3n) is 7.70. The summed E-state index contributed by atoms with van der Waals surface area (Å²) in [4.78, 5) is 4.78. The van der Waals surface area contributed by atoms with Crippen molar-refractivity contribution in [3.63, 3.8) is 0 Å². The van der Waals surface area contributed by atoms with Crippen molar-refractivity contribution >= 4 is 9.84 Å². The molecule has 1 saturated heterocycles. The summed E-state index contributed by atoms with van der Waals surface area (Å²) in [7, 11) is -3.20. The summed E-state index contributed by atoms with van der Waals surface area (Å²) in [6.07, 6.45) is 0. The number of aryl methyl sites for hydroxylation is 2. The molecule has 0 saturated carbocycles. The quantitative estimate of drug-likeness (QED) is 0.242. The Hall–Kier alpha value is -3.25. The average molecular weight is 539 g/mol. The molecule has 4 aromatic rings. The molecule has 1 fully saturated rings. The molecule has 0 amide bonds. The lowest BCUT2D eigenvalue weighted by Crippen LogP contribution is -2.50. The molecule has 2 atom stereocenters. The van der Waals surface area contributed by atoms with Gasteiger partial charge in [-0.05, 0) is 36.1 Å². The number of benzene rings is 4. The lowest BCUT2D eigenvalue weighted by Gasteiger charge is -2.38. The molecule has 5 heteroatoms. The van der Waals surface area contributed by atoms with Crippen molar-refractivity contribution in [1.82, 2.24) is 9.80 Å². The van der Waals surface area contributed by atoms with Crippen molar-refractivity contribution in [3.8, 4) is 0 Å². The van der Waals surface area contributed by atoms with Gasteiger partial charge in [-0.3, -0.25) is 9.80 Å². The van der Waals surface area contributed by atoms with E-state index >= 15 is 0 Å². The predicted molar refractivity (Wildman–Crippen MR) is 160 cm³/mol. The van der Waals surface area contributed by atoms with Crippen LogP contribution in [0.25, 0.3) is 0 Å². The maximum Gasteiger partial charge on any atom is 0.153 e. The van der Waals surface area contributed by atoms with Crippen LogP contribution in [0.3, 0.4) is 0 Å². The molecule has 0 unspecified atom stereocenters. The maximum absolute atomic E-state index is 13.3. The van der Waals surface area contributed by atoms with Gasteiger partial charge >= 0.3 is 0 Å². The highest BCUT2D eigenvalue weighted by Crippen LogP contribution is 2.29. The zero-order valence-electron chi connectivity index (χ0n) is 22.9. The topological polar surface area (TPSA) is 40.6 Å². The zero-order valence-corrected chi connectivity index (χ0v) is 23.7. The van der Waals surface area contributed by atoms with Crippen molar-refractivity contribution in [2.75, 3.05) is 11.5 Å². The SMILES string of the molecule is Cc1ccc(CN(Cc2ccccc2)[C@H]2CS(=O)(=O)C[C@@H]2N(Cc2ccccc2)Cc2ccc(C)cc2)cc1. The van der Waals surface area contributed by atoms with Crippen molar-refractivity contribution in [3.05, 3.63) is 143 Å². The van der Waals surface area contributed by atoms with Gasteiger partial charge in [-0.2, -0.15) is 0 Å². The Balaban J connectivity index is 1.51. The highest BCUT2D eigenvalue weighted by atomic mass is 32.2. The molecule has 4 nitrogen and oxygen atoms in total. The lowest BCUT2D eigenvalue weighted by atomic mass is 10.0. The Bertz CT molecular complexity index is 1330. The van der Waals surface area contributed by atoms with E-state index in [0.717, 1.165) is 0 Å². The molecule has 0 aromatic heterocycles. The first-order valence-corrected chi connectivity index (χ1v) is 15.5. The highest BCUT2D eigenvalue weighted by Gasteiger charge is 2.44. The number of nitrogens with zero attached hydrogens (tertiary/aromatic N) is 2. The summed E-state index contributed by atoms with van der Waals surface area (Å²) in [5.74, 6) is 0.352. The molecule has 0 N–H and O–H groups in total. The Morgan fingerprint density at radius 1 is 0.513 bits per heavy atom. The largest absolute Gasteiger partial charge is 0.289 e. The summed E-state index contributed by atoms with van der Waals surface area (Å²) in [5.41, 5.74) is 7.24. The van der Waals surface area contributed by atoms with Crippen molar-refractivity contribution in [2.24, 2.45) is 0 Å². The van der Waals surface area contributed by atoms with Gasteiger partial charge in [-0.25, -0.2) is 8.42 Å². The van der Waals surface area contributed by atoms with Gasteiger partial charge in [-0.1, -0.05) is 120 Å². The van der Waals surface area contributed by atoms with E-state index < -0.39 is 9.84 Å². The van der Waals surface area contributed by atoms with Gasteiger partial charge in [0.25, 0.3) is 0 Å². The molecule has 1 aliphatic heterocycles. The van der Waals surface area contributed by atoms with Gasteiger partial charge in [-0.15, -0.1) is 0 Å². The minimum absolute atomic E-state index is 0.120. The number of hydrogen-bond acceptors (Lipinski definition) is 4. The molecular formula is C34H38N2O2S. The molecule has 0 radical (unpaired) electrons. The van der Waals surface area contributed by atoms with Gasteiger partial charge in [0.15, 0.2) is 9.84 Å². The normalized spacial score (nSPS) is 18.6. The van der Waals surface area contributed by atoms with Crippen molar-refractivity contribution < 1.29 is 8.42 Å². The minimum Gasteiger partial charge on any atom is -0.289 e. The fourth-order valence-corrected chi connectivity index (χ4v) is 7.62. The van der Waals surface area contributed by atoms with Crippen LogP contribution in [0, 0.1) is 13.8 Å². The van der Waals surface area contributed by atoms with Gasteiger partial charge in [0.2, 0.25) is 0 Å². The number of rotatable bonds is 10. The molecule has 1 heterocycles. The summed E-state index contributed by atoms with van der Waals surface area (Å²) >= 11 is 0. The van der Waals surface area contributed by atoms with Gasteiger partial charge in [0, 0.05) is 38.3 Å². The van der Waals surface area contributed by atoms with Crippen molar-refractivity contribution in [2.45, 2.75) is 52.1 Å². The van der Waals surface area contributed by atoms with Gasteiger partial charge in [0.05, 0.1) is 11.5 Å². The Labute approximate surface area is 233 Å². The number of hydrogen-bond donors (Lipinski definition) is 0. The monoisotopic (exact) mass is 538 g/mol. The van der Waals surface area contributed by atoms with Gasteiger partial charge in [0.1, 0.15) is 0 Å². The van der Waals surface area contributed by atoms with Crippen LogP contribution in [0.5, 0.6) is 0 Å². The fourth-order valence-electron chi connectivity index (χ4n) is 5.58. The standard InChI is InChI=1S/C34H38N2O2S/c1-27-13-17-31(18-14-27)23-35(21-29-9-5-3-6-10-29)33-25-39(37,38)26-34(33)36(22-30-11-7-4-8-12-30)24-32-19-15-28(2)16-20-32/h3-20,33-34H,21-26H2,1-2H3/t33-,34-/m0/s1. The summed E-state index contributed by atoms with van der Waals surface area (Å²) in [5, 5.41) is 0. The zero-order chi connectivity index (χ0) is 27.2. The molecule has 0 aliphatic carbocycles. The van der Waals surface area contributed by atoms with Crippen LogP contribution in [-0.4, -0.2) is 41.8 Å². The minimum atomic E-state index is -3.20. The molecule has 5 rings (SSSR count). The van der Waals surface area contributed by atoms with E-state index in [1.165, 1.54) is 33.4 Å². The van der Waals surface area contributed by atoms with Crippen LogP contribution in [0.1, 0.15) is 33.4 Å². The fraction of sp³-hybridized carbons (Fsp3) is 0.294. The van der Waals surface area contributed by atoms with E-state index in [9.17, 15) is 8.42 Å². The van der Waals surface area contributed by atoms with E-state index in [2.05, 4.69) is 121 Å². The summed E-state index contributed by atoms with van der Waals surface area (Å²) < 4.78 is 26.6. The molecule has 4 aromatic carbocycles.